The van der Waals surface area contributed by atoms with E-state index in [1.165, 1.54) is 4.88 Å². The molecule has 64 valence electrons. The highest BCUT2D eigenvalue weighted by Gasteiger charge is 2.38. The highest BCUT2D eigenvalue weighted by atomic mass is 32.1. The van der Waals surface area contributed by atoms with Crippen LogP contribution >= 0.6 is 11.3 Å². The van der Waals surface area contributed by atoms with E-state index in [0.717, 1.165) is 6.42 Å². The Labute approximate surface area is 75.6 Å². The lowest BCUT2D eigenvalue weighted by molar-refractivity contribution is -0.135. The van der Waals surface area contributed by atoms with Crippen molar-refractivity contribution in [2.75, 3.05) is 0 Å². The molecule has 1 saturated heterocycles. The van der Waals surface area contributed by atoms with Gasteiger partial charge in [0, 0.05) is 4.88 Å². The minimum absolute atomic E-state index is 0.205. The molecule has 0 unspecified atom stereocenters. The first-order valence-electron chi connectivity index (χ1n) is 4.16. The summed E-state index contributed by atoms with van der Waals surface area (Å²) in [6, 6.07) is 4.40. The van der Waals surface area contributed by atoms with Crippen LogP contribution in [0.4, 0.5) is 0 Å². The third-order valence-electron chi connectivity index (χ3n) is 2.33. The van der Waals surface area contributed by atoms with Crippen molar-refractivity contribution in [3.05, 3.63) is 22.4 Å². The zero-order chi connectivity index (χ0) is 8.55. The normalized spacial score (nSPS) is 27.9. The summed E-state index contributed by atoms with van der Waals surface area (Å²) >= 11 is 1.71. The van der Waals surface area contributed by atoms with Crippen LogP contribution in [-0.2, 0) is 4.79 Å². The van der Waals surface area contributed by atoms with Gasteiger partial charge in [-0.05, 0) is 17.9 Å². The van der Waals surface area contributed by atoms with Crippen LogP contribution in [0.15, 0.2) is 17.5 Å². The van der Waals surface area contributed by atoms with Crippen LogP contribution in [0, 0.1) is 5.92 Å². The minimum atomic E-state index is 0.205. The Hall–Kier alpha value is -0.830. The van der Waals surface area contributed by atoms with Gasteiger partial charge in [-0.15, -0.1) is 11.3 Å². The molecule has 0 saturated carbocycles. The molecule has 0 aromatic carbocycles. The van der Waals surface area contributed by atoms with Gasteiger partial charge in [-0.25, -0.2) is 0 Å². The molecule has 1 aliphatic rings. The van der Waals surface area contributed by atoms with Crippen LogP contribution in [0.2, 0.25) is 0 Å². The van der Waals surface area contributed by atoms with E-state index in [0.29, 0.717) is 6.04 Å². The topological polar surface area (TPSA) is 29.1 Å². The second kappa shape index (κ2) is 2.90. The van der Waals surface area contributed by atoms with Gasteiger partial charge < -0.3 is 5.32 Å². The van der Waals surface area contributed by atoms with Crippen molar-refractivity contribution in [3.63, 3.8) is 0 Å². The highest BCUT2D eigenvalue weighted by molar-refractivity contribution is 7.10. The average Bonchev–Trinajstić information content (AvgIpc) is 2.52. The van der Waals surface area contributed by atoms with Crippen molar-refractivity contribution in [2.45, 2.75) is 19.4 Å². The molecule has 1 amide bonds. The van der Waals surface area contributed by atoms with Crippen LogP contribution in [0.5, 0.6) is 0 Å². The van der Waals surface area contributed by atoms with Crippen molar-refractivity contribution >= 4 is 17.2 Å². The summed E-state index contributed by atoms with van der Waals surface area (Å²) in [7, 11) is 0. The summed E-state index contributed by atoms with van der Waals surface area (Å²) in [5.74, 6) is 0.416. The Morgan fingerprint density at radius 1 is 1.67 bits per heavy atom. The molecule has 1 aliphatic heterocycles. The fraction of sp³-hybridized carbons (Fsp3) is 0.444. The molecule has 12 heavy (non-hydrogen) atoms. The predicted octanol–water partition coefficient (Wildman–Crippen LogP) is 1.95. The number of carbonyl (C=O) groups excluding carboxylic acids is 1. The fourth-order valence-corrected chi connectivity index (χ4v) is 2.42. The molecule has 2 atom stereocenters. The van der Waals surface area contributed by atoms with Gasteiger partial charge in [-0.3, -0.25) is 4.79 Å². The van der Waals surface area contributed by atoms with Crippen LogP contribution in [0.25, 0.3) is 0 Å². The summed E-state index contributed by atoms with van der Waals surface area (Å²) < 4.78 is 0. The van der Waals surface area contributed by atoms with Crippen LogP contribution < -0.4 is 5.32 Å². The molecule has 1 N–H and O–H groups in total. The molecule has 1 aromatic rings. The molecule has 0 bridgehead atoms. The van der Waals surface area contributed by atoms with E-state index in [2.05, 4.69) is 18.3 Å². The Morgan fingerprint density at radius 2 is 2.50 bits per heavy atom. The molecule has 1 aromatic heterocycles. The van der Waals surface area contributed by atoms with Gasteiger partial charge in [-0.1, -0.05) is 13.0 Å². The number of thiophene rings is 1. The summed E-state index contributed by atoms with van der Waals surface area (Å²) in [6.07, 6.45) is 0.939. The quantitative estimate of drug-likeness (QED) is 0.694. The zero-order valence-corrected chi connectivity index (χ0v) is 7.73. The Balaban J connectivity index is 2.13. The van der Waals surface area contributed by atoms with E-state index in [1.807, 2.05) is 11.4 Å². The molecule has 1 fully saturated rings. The first-order valence-corrected chi connectivity index (χ1v) is 5.04. The Morgan fingerprint density at radius 3 is 3.00 bits per heavy atom. The molecule has 2 nitrogen and oxygen atoms in total. The molecule has 2 heterocycles. The number of carbonyl (C=O) groups is 1. The summed E-state index contributed by atoms with van der Waals surface area (Å²) in [5.41, 5.74) is 0. The monoisotopic (exact) mass is 181 g/mol. The minimum Gasteiger partial charge on any atom is -0.347 e. The largest absolute Gasteiger partial charge is 0.347 e. The highest BCUT2D eigenvalue weighted by Crippen LogP contribution is 2.34. The van der Waals surface area contributed by atoms with Gasteiger partial charge in [0.25, 0.3) is 0 Å². The number of hydrogen-bond acceptors (Lipinski definition) is 2. The lowest BCUT2D eigenvalue weighted by Crippen LogP contribution is -2.50. The molecule has 2 rings (SSSR count). The third-order valence-corrected chi connectivity index (χ3v) is 3.28. The standard InChI is InChI=1S/C9H11NOS/c1-2-6-8(10-9(6)11)7-4-3-5-12-7/h3-6,8H,2H2,1H3,(H,10,11)/t6-,8+/m0/s1. The van der Waals surface area contributed by atoms with E-state index in [4.69, 9.17) is 0 Å². The smallest absolute Gasteiger partial charge is 0.226 e. The number of amides is 1. The number of nitrogens with one attached hydrogen (secondary N) is 1. The van der Waals surface area contributed by atoms with Crippen LogP contribution in [0.3, 0.4) is 0 Å². The molecule has 0 radical (unpaired) electrons. The molecule has 0 aliphatic carbocycles. The second-order valence-corrected chi connectivity index (χ2v) is 4.00. The molecule has 0 spiro atoms. The van der Waals surface area contributed by atoms with Crippen molar-refractivity contribution < 1.29 is 4.79 Å². The van der Waals surface area contributed by atoms with E-state index in [-0.39, 0.29) is 11.8 Å². The number of β-lactam (4-membered cyclic amide) rings is 1. The second-order valence-electron chi connectivity index (χ2n) is 3.02. The average molecular weight is 181 g/mol. The van der Waals surface area contributed by atoms with Gasteiger partial charge in [0.2, 0.25) is 5.91 Å². The van der Waals surface area contributed by atoms with Crippen LogP contribution in [0.1, 0.15) is 24.3 Å². The first kappa shape index (κ1) is 7.80. The van der Waals surface area contributed by atoms with Crippen molar-refractivity contribution in [3.8, 4) is 0 Å². The van der Waals surface area contributed by atoms with E-state index < -0.39 is 0 Å². The van der Waals surface area contributed by atoms with Crippen molar-refractivity contribution in [1.29, 1.82) is 0 Å². The fourth-order valence-electron chi connectivity index (χ4n) is 1.57. The third kappa shape index (κ3) is 1.05. The molecule has 3 heteroatoms. The van der Waals surface area contributed by atoms with Gasteiger partial charge in [-0.2, -0.15) is 0 Å². The van der Waals surface area contributed by atoms with Crippen molar-refractivity contribution in [1.82, 2.24) is 5.32 Å². The first-order chi connectivity index (χ1) is 5.83. The number of rotatable bonds is 2. The summed E-state index contributed by atoms with van der Waals surface area (Å²) in [4.78, 5) is 12.3. The van der Waals surface area contributed by atoms with Gasteiger partial charge in [0.05, 0.1) is 12.0 Å². The van der Waals surface area contributed by atoms with Gasteiger partial charge >= 0.3 is 0 Å². The SMILES string of the molecule is CC[C@@H]1C(=O)N[C@H]1c1cccs1. The van der Waals surface area contributed by atoms with Crippen LogP contribution in [-0.4, -0.2) is 5.91 Å². The maximum atomic E-state index is 11.1. The van der Waals surface area contributed by atoms with Gasteiger partial charge in [0.15, 0.2) is 0 Å². The van der Waals surface area contributed by atoms with E-state index >= 15 is 0 Å². The summed E-state index contributed by atoms with van der Waals surface area (Å²) in [6.45, 7) is 2.06. The van der Waals surface area contributed by atoms with Crippen molar-refractivity contribution in [2.24, 2.45) is 5.92 Å². The Bertz CT molecular complexity index is 281. The molecular weight excluding hydrogens is 170 g/mol. The van der Waals surface area contributed by atoms with Gasteiger partial charge in [0.1, 0.15) is 0 Å². The van der Waals surface area contributed by atoms with E-state index in [9.17, 15) is 4.79 Å². The maximum Gasteiger partial charge on any atom is 0.226 e. The zero-order valence-electron chi connectivity index (χ0n) is 6.91. The number of hydrogen-bond donors (Lipinski definition) is 1. The lowest BCUT2D eigenvalue weighted by atomic mass is 9.87. The Kier molecular flexibility index (Phi) is 1.89. The predicted molar refractivity (Wildman–Crippen MR) is 49.0 cm³/mol. The molecular formula is C9H11NOS. The summed E-state index contributed by atoms with van der Waals surface area (Å²) in [5, 5.41) is 4.97. The maximum absolute atomic E-state index is 11.1. The van der Waals surface area contributed by atoms with E-state index in [1.54, 1.807) is 11.3 Å². The lowest BCUT2D eigenvalue weighted by Gasteiger charge is -2.35.